The molecule has 0 aliphatic carbocycles. The fourth-order valence-corrected chi connectivity index (χ4v) is 3.73. The topological polar surface area (TPSA) is 64.1 Å². The molecular formula is C18H25N3O3. The first-order valence-electron chi connectivity index (χ1n) is 8.53. The second kappa shape index (κ2) is 7.01. The van der Waals surface area contributed by atoms with Crippen molar-refractivity contribution in [3.8, 4) is 0 Å². The Bertz CT molecular complexity index is 618. The Hall–Kier alpha value is -1.76. The summed E-state index contributed by atoms with van der Waals surface area (Å²) in [4.78, 5) is 31.2. The van der Waals surface area contributed by atoms with Crippen LogP contribution in [0, 0.1) is 13.8 Å². The summed E-state index contributed by atoms with van der Waals surface area (Å²) in [5.74, 6) is -0.215. The van der Waals surface area contributed by atoms with Gasteiger partial charge in [-0.1, -0.05) is 18.2 Å². The maximum atomic E-state index is 12.9. The van der Waals surface area contributed by atoms with E-state index in [1.165, 1.54) is 4.90 Å². The van der Waals surface area contributed by atoms with Crippen molar-refractivity contribution in [2.24, 2.45) is 0 Å². The predicted octanol–water partition coefficient (Wildman–Crippen LogP) is 0.545. The lowest BCUT2D eigenvalue weighted by atomic mass is 10.1. The SMILES string of the molecule is Cc1cccc(C)c1N1C(=O)CC(N2CCN(CCO)CC2)C1=O. The number of aliphatic hydroxyl groups is 1. The molecule has 2 amide bonds. The van der Waals surface area contributed by atoms with Gasteiger partial charge in [-0.3, -0.25) is 19.4 Å². The van der Waals surface area contributed by atoms with Crippen molar-refractivity contribution >= 4 is 17.5 Å². The zero-order valence-electron chi connectivity index (χ0n) is 14.4. The van der Waals surface area contributed by atoms with Crippen LogP contribution in [-0.4, -0.2) is 72.1 Å². The van der Waals surface area contributed by atoms with Crippen LogP contribution in [0.4, 0.5) is 5.69 Å². The molecule has 6 heteroatoms. The van der Waals surface area contributed by atoms with Crippen molar-refractivity contribution in [3.63, 3.8) is 0 Å². The number of β-amino-alcohol motifs (C(OH)–C–C–N with tert-alkyl or cyclic N) is 1. The molecule has 24 heavy (non-hydrogen) atoms. The van der Waals surface area contributed by atoms with E-state index in [1.54, 1.807) is 0 Å². The van der Waals surface area contributed by atoms with Gasteiger partial charge in [-0.2, -0.15) is 0 Å². The number of carbonyl (C=O) groups excluding carboxylic acids is 2. The minimum Gasteiger partial charge on any atom is -0.395 e. The highest BCUT2D eigenvalue weighted by Crippen LogP contribution is 2.31. The molecule has 0 radical (unpaired) electrons. The molecule has 2 saturated heterocycles. The van der Waals surface area contributed by atoms with Gasteiger partial charge in [0.1, 0.15) is 0 Å². The molecule has 2 heterocycles. The van der Waals surface area contributed by atoms with Gasteiger partial charge in [0.15, 0.2) is 0 Å². The van der Waals surface area contributed by atoms with Gasteiger partial charge in [0.05, 0.1) is 24.8 Å². The van der Waals surface area contributed by atoms with Crippen molar-refractivity contribution in [2.45, 2.75) is 26.3 Å². The molecule has 2 fully saturated rings. The first-order chi connectivity index (χ1) is 11.5. The molecule has 0 aromatic heterocycles. The molecule has 130 valence electrons. The standard InChI is InChI=1S/C18H25N3O3/c1-13-4-3-5-14(2)17(13)21-16(23)12-15(18(21)24)20-8-6-19(7-9-20)10-11-22/h3-5,15,22H,6-12H2,1-2H3. The van der Waals surface area contributed by atoms with E-state index in [0.29, 0.717) is 6.54 Å². The number of anilines is 1. The van der Waals surface area contributed by atoms with Gasteiger partial charge in [-0.05, 0) is 25.0 Å². The lowest BCUT2D eigenvalue weighted by Crippen LogP contribution is -2.53. The Kier molecular flexibility index (Phi) is 4.99. The Morgan fingerprint density at radius 3 is 2.29 bits per heavy atom. The van der Waals surface area contributed by atoms with Crippen LogP contribution >= 0.6 is 0 Å². The Balaban J connectivity index is 1.76. The summed E-state index contributed by atoms with van der Waals surface area (Å²) >= 11 is 0. The van der Waals surface area contributed by atoms with E-state index in [4.69, 9.17) is 5.11 Å². The number of aryl methyl sites for hydroxylation is 2. The lowest BCUT2D eigenvalue weighted by Gasteiger charge is -2.36. The lowest BCUT2D eigenvalue weighted by molar-refractivity contribution is -0.123. The third kappa shape index (κ3) is 3.09. The van der Waals surface area contributed by atoms with E-state index >= 15 is 0 Å². The van der Waals surface area contributed by atoms with Crippen molar-refractivity contribution in [1.29, 1.82) is 0 Å². The van der Waals surface area contributed by atoms with Gasteiger partial charge in [0.2, 0.25) is 5.91 Å². The Labute approximate surface area is 142 Å². The fourth-order valence-electron chi connectivity index (χ4n) is 3.73. The van der Waals surface area contributed by atoms with Crippen molar-refractivity contribution < 1.29 is 14.7 Å². The number of rotatable bonds is 4. The molecule has 0 bridgehead atoms. The molecule has 2 aliphatic rings. The highest BCUT2D eigenvalue weighted by Gasteiger charge is 2.44. The second-order valence-electron chi connectivity index (χ2n) is 6.63. The van der Waals surface area contributed by atoms with Gasteiger partial charge < -0.3 is 5.11 Å². The predicted molar refractivity (Wildman–Crippen MR) is 91.9 cm³/mol. The summed E-state index contributed by atoms with van der Waals surface area (Å²) in [5.41, 5.74) is 2.64. The number of amides is 2. The molecule has 1 aromatic rings. The summed E-state index contributed by atoms with van der Waals surface area (Å²) < 4.78 is 0. The average molecular weight is 331 g/mol. The molecule has 2 aliphatic heterocycles. The second-order valence-corrected chi connectivity index (χ2v) is 6.63. The number of hydrogen-bond acceptors (Lipinski definition) is 5. The van der Waals surface area contributed by atoms with E-state index in [-0.39, 0.29) is 30.9 Å². The van der Waals surface area contributed by atoms with Crippen molar-refractivity contribution in [3.05, 3.63) is 29.3 Å². The molecule has 6 nitrogen and oxygen atoms in total. The fraction of sp³-hybridized carbons (Fsp3) is 0.556. The maximum Gasteiger partial charge on any atom is 0.251 e. The Morgan fingerprint density at radius 1 is 1.08 bits per heavy atom. The maximum absolute atomic E-state index is 12.9. The third-order valence-corrected chi connectivity index (χ3v) is 5.05. The van der Waals surface area contributed by atoms with E-state index in [0.717, 1.165) is 43.0 Å². The van der Waals surface area contributed by atoms with Crippen LogP contribution in [0.2, 0.25) is 0 Å². The number of hydrogen-bond donors (Lipinski definition) is 1. The normalized spacial score (nSPS) is 23.3. The van der Waals surface area contributed by atoms with Crippen LogP contribution < -0.4 is 4.90 Å². The van der Waals surface area contributed by atoms with E-state index in [9.17, 15) is 9.59 Å². The number of para-hydroxylation sites is 1. The van der Waals surface area contributed by atoms with Crippen LogP contribution in [0.5, 0.6) is 0 Å². The van der Waals surface area contributed by atoms with Crippen molar-refractivity contribution in [1.82, 2.24) is 9.80 Å². The third-order valence-electron chi connectivity index (χ3n) is 5.05. The minimum absolute atomic E-state index is 0.104. The Morgan fingerprint density at radius 2 is 1.71 bits per heavy atom. The summed E-state index contributed by atoms with van der Waals surface area (Å²) in [5, 5.41) is 9.02. The van der Waals surface area contributed by atoms with Crippen LogP contribution in [0.1, 0.15) is 17.5 Å². The van der Waals surface area contributed by atoms with Gasteiger partial charge >= 0.3 is 0 Å². The molecule has 1 N–H and O–H groups in total. The summed E-state index contributed by atoms with van der Waals surface area (Å²) in [6, 6.07) is 5.46. The van der Waals surface area contributed by atoms with Crippen LogP contribution in [0.15, 0.2) is 18.2 Å². The summed E-state index contributed by atoms with van der Waals surface area (Å²) in [6.07, 6.45) is 0.257. The number of benzene rings is 1. The monoisotopic (exact) mass is 331 g/mol. The summed E-state index contributed by atoms with van der Waals surface area (Å²) in [6.45, 7) is 7.84. The van der Waals surface area contributed by atoms with Crippen LogP contribution in [0.3, 0.4) is 0 Å². The smallest absolute Gasteiger partial charge is 0.251 e. The molecule has 1 atom stereocenters. The number of carbonyl (C=O) groups is 2. The minimum atomic E-state index is -0.354. The average Bonchev–Trinajstić information content (AvgIpc) is 2.84. The largest absolute Gasteiger partial charge is 0.395 e. The molecular weight excluding hydrogens is 306 g/mol. The van der Waals surface area contributed by atoms with Gasteiger partial charge in [0.25, 0.3) is 5.91 Å². The van der Waals surface area contributed by atoms with Crippen LogP contribution in [-0.2, 0) is 9.59 Å². The summed E-state index contributed by atoms with van der Waals surface area (Å²) in [7, 11) is 0. The quantitative estimate of drug-likeness (QED) is 0.816. The molecule has 1 unspecified atom stereocenters. The molecule has 1 aromatic carbocycles. The number of piperazine rings is 1. The number of imide groups is 1. The van der Waals surface area contributed by atoms with Crippen molar-refractivity contribution in [2.75, 3.05) is 44.2 Å². The first kappa shape index (κ1) is 17.1. The zero-order chi connectivity index (χ0) is 17.3. The van der Waals surface area contributed by atoms with Crippen LogP contribution in [0.25, 0.3) is 0 Å². The molecule has 0 spiro atoms. The molecule has 0 saturated carbocycles. The van der Waals surface area contributed by atoms with Gasteiger partial charge in [-0.25, -0.2) is 4.90 Å². The first-order valence-corrected chi connectivity index (χ1v) is 8.53. The van der Waals surface area contributed by atoms with E-state index < -0.39 is 0 Å². The highest BCUT2D eigenvalue weighted by molar-refractivity contribution is 6.23. The molecule has 3 rings (SSSR count). The van der Waals surface area contributed by atoms with Gasteiger partial charge in [-0.15, -0.1) is 0 Å². The number of nitrogens with zero attached hydrogens (tertiary/aromatic N) is 3. The number of aliphatic hydroxyl groups excluding tert-OH is 1. The van der Waals surface area contributed by atoms with E-state index in [2.05, 4.69) is 9.80 Å². The van der Waals surface area contributed by atoms with E-state index in [1.807, 2.05) is 32.0 Å². The zero-order valence-corrected chi connectivity index (χ0v) is 14.4. The van der Waals surface area contributed by atoms with Gasteiger partial charge in [0, 0.05) is 32.7 Å². The highest BCUT2D eigenvalue weighted by atomic mass is 16.3.